The van der Waals surface area contributed by atoms with Crippen molar-refractivity contribution >= 4 is 10.9 Å². The predicted molar refractivity (Wildman–Crippen MR) is 48.2 cm³/mol. The van der Waals surface area contributed by atoms with Gasteiger partial charge in [-0.2, -0.15) is 0 Å². The number of fused-ring (bicyclic) bond motifs is 1. The molecule has 0 fully saturated rings. The minimum atomic E-state index is -0.928. The molecule has 0 aliphatic heterocycles. The summed E-state index contributed by atoms with van der Waals surface area (Å²) in [4.78, 5) is 3.92. The SMILES string of the molecule is COc1cc(F)c(F)c2cccnc12. The summed E-state index contributed by atoms with van der Waals surface area (Å²) < 4.78 is 31.2. The van der Waals surface area contributed by atoms with Crippen LogP contribution < -0.4 is 4.74 Å². The van der Waals surface area contributed by atoms with Gasteiger partial charge in [-0.25, -0.2) is 8.78 Å². The summed E-state index contributed by atoms with van der Waals surface area (Å²) in [6.45, 7) is 0. The van der Waals surface area contributed by atoms with Gasteiger partial charge >= 0.3 is 0 Å². The Bertz CT molecular complexity index is 485. The Hall–Kier alpha value is -1.71. The maximum absolute atomic E-state index is 13.2. The molecule has 1 aromatic carbocycles. The highest BCUT2D eigenvalue weighted by atomic mass is 19.2. The van der Waals surface area contributed by atoms with Gasteiger partial charge in [-0.15, -0.1) is 0 Å². The van der Waals surface area contributed by atoms with E-state index in [1.54, 1.807) is 6.07 Å². The van der Waals surface area contributed by atoms with Crippen molar-refractivity contribution in [2.24, 2.45) is 0 Å². The van der Waals surface area contributed by atoms with Crippen LogP contribution in [0.2, 0.25) is 0 Å². The van der Waals surface area contributed by atoms with Crippen molar-refractivity contribution < 1.29 is 13.5 Å². The van der Waals surface area contributed by atoms with Gasteiger partial charge in [0.05, 0.1) is 7.11 Å². The molecule has 2 nitrogen and oxygen atoms in total. The van der Waals surface area contributed by atoms with E-state index in [-0.39, 0.29) is 11.1 Å². The van der Waals surface area contributed by atoms with Crippen LogP contribution in [0.4, 0.5) is 8.78 Å². The van der Waals surface area contributed by atoms with Crippen LogP contribution >= 0.6 is 0 Å². The Morgan fingerprint density at radius 2 is 2.14 bits per heavy atom. The number of ether oxygens (including phenoxy) is 1. The first-order valence-corrected chi connectivity index (χ1v) is 4.00. The second-order valence-corrected chi connectivity index (χ2v) is 2.77. The van der Waals surface area contributed by atoms with Crippen LogP contribution in [-0.4, -0.2) is 12.1 Å². The molecule has 0 atom stereocenters. The lowest BCUT2D eigenvalue weighted by Gasteiger charge is -2.05. The molecule has 4 heteroatoms. The number of benzene rings is 1. The average Bonchev–Trinajstić information content (AvgIpc) is 2.23. The largest absolute Gasteiger partial charge is 0.494 e. The summed E-state index contributed by atoms with van der Waals surface area (Å²) in [7, 11) is 1.39. The Kier molecular flexibility index (Phi) is 2.04. The fourth-order valence-electron chi connectivity index (χ4n) is 1.31. The lowest BCUT2D eigenvalue weighted by Crippen LogP contribution is -1.93. The Morgan fingerprint density at radius 1 is 1.36 bits per heavy atom. The van der Waals surface area contributed by atoms with Crippen LogP contribution in [0.25, 0.3) is 10.9 Å². The van der Waals surface area contributed by atoms with Crippen LogP contribution in [0, 0.1) is 11.6 Å². The summed E-state index contributed by atoms with van der Waals surface area (Å²) in [5, 5.41) is 0.129. The van der Waals surface area contributed by atoms with Gasteiger partial charge in [0.2, 0.25) is 0 Å². The molecular weight excluding hydrogens is 188 g/mol. The van der Waals surface area contributed by atoms with Crippen LogP contribution in [0.15, 0.2) is 24.4 Å². The van der Waals surface area contributed by atoms with Crippen molar-refractivity contribution in [1.82, 2.24) is 4.98 Å². The number of methoxy groups -OCH3 is 1. The molecule has 0 radical (unpaired) electrons. The maximum atomic E-state index is 13.2. The molecule has 0 spiro atoms. The van der Waals surface area contributed by atoms with E-state index in [0.717, 1.165) is 6.07 Å². The van der Waals surface area contributed by atoms with Crippen molar-refractivity contribution in [1.29, 1.82) is 0 Å². The monoisotopic (exact) mass is 195 g/mol. The number of nitrogens with zero attached hydrogens (tertiary/aromatic N) is 1. The molecule has 0 bridgehead atoms. The third kappa shape index (κ3) is 1.19. The lowest BCUT2D eigenvalue weighted by molar-refractivity contribution is 0.412. The molecule has 1 heterocycles. The first kappa shape index (κ1) is 8.87. The molecule has 0 aliphatic carbocycles. The normalized spacial score (nSPS) is 10.5. The first-order chi connectivity index (χ1) is 6.74. The van der Waals surface area contributed by atoms with E-state index in [1.165, 1.54) is 19.4 Å². The van der Waals surface area contributed by atoms with Crippen LogP contribution in [0.3, 0.4) is 0 Å². The number of halogens is 2. The van der Waals surface area contributed by atoms with Crippen molar-refractivity contribution in [3.8, 4) is 5.75 Å². The van der Waals surface area contributed by atoms with Crippen LogP contribution in [0.5, 0.6) is 5.75 Å². The third-order valence-corrected chi connectivity index (χ3v) is 1.96. The van der Waals surface area contributed by atoms with E-state index in [1.807, 2.05) is 0 Å². The fourth-order valence-corrected chi connectivity index (χ4v) is 1.31. The molecule has 0 unspecified atom stereocenters. The summed E-state index contributed by atoms with van der Waals surface area (Å²) in [6.07, 6.45) is 1.50. The smallest absolute Gasteiger partial charge is 0.168 e. The maximum Gasteiger partial charge on any atom is 0.168 e. The van der Waals surface area contributed by atoms with E-state index >= 15 is 0 Å². The van der Waals surface area contributed by atoms with Gasteiger partial charge < -0.3 is 4.74 Å². The zero-order valence-electron chi connectivity index (χ0n) is 7.42. The van der Waals surface area contributed by atoms with Crippen LogP contribution in [0.1, 0.15) is 0 Å². The van der Waals surface area contributed by atoms with Gasteiger partial charge in [0.1, 0.15) is 11.3 Å². The number of hydrogen-bond acceptors (Lipinski definition) is 2. The summed E-state index contributed by atoms with van der Waals surface area (Å²) in [5.41, 5.74) is 0.328. The molecule has 14 heavy (non-hydrogen) atoms. The molecule has 1 aromatic heterocycles. The average molecular weight is 195 g/mol. The minimum Gasteiger partial charge on any atom is -0.494 e. The highest BCUT2D eigenvalue weighted by Gasteiger charge is 2.12. The van der Waals surface area contributed by atoms with E-state index in [2.05, 4.69) is 4.98 Å². The number of aromatic nitrogens is 1. The third-order valence-electron chi connectivity index (χ3n) is 1.96. The zero-order chi connectivity index (χ0) is 10.1. The molecule has 72 valence electrons. The van der Waals surface area contributed by atoms with E-state index in [9.17, 15) is 8.78 Å². The second-order valence-electron chi connectivity index (χ2n) is 2.77. The van der Waals surface area contributed by atoms with Crippen molar-refractivity contribution in [2.45, 2.75) is 0 Å². The van der Waals surface area contributed by atoms with Gasteiger partial charge in [-0.3, -0.25) is 4.98 Å². The van der Waals surface area contributed by atoms with Gasteiger partial charge in [-0.1, -0.05) is 0 Å². The highest BCUT2D eigenvalue weighted by Crippen LogP contribution is 2.27. The predicted octanol–water partition coefficient (Wildman–Crippen LogP) is 2.52. The van der Waals surface area contributed by atoms with Gasteiger partial charge in [0.25, 0.3) is 0 Å². The standard InChI is InChI=1S/C10H7F2NO/c1-14-8-5-7(11)9(12)6-3-2-4-13-10(6)8/h2-5H,1H3. The molecule has 0 saturated heterocycles. The Balaban J connectivity index is 2.89. The minimum absolute atomic E-state index is 0.129. The summed E-state index contributed by atoms with van der Waals surface area (Å²) in [5.74, 6) is -1.59. The number of rotatable bonds is 1. The first-order valence-electron chi connectivity index (χ1n) is 4.00. The number of pyridine rings is 1. The molecular formula is C10H7F2NO. The Morgan fingerprint density at radius 3 is 2.86 bits per heavy atom. The summed E-state index contributed by atoms with van der Waals surface area (Å²) >= 11 is 0. The molecule has 2 aromatic rings. The zero-order valence-corrected chi connectivity index (χ0v) is 7.42. The van der Waals surface area contributed by atoms with Crippen LogP contribution in [-0.2, 0) is 0 Å². The van der Waals surface area contributed by atoms with Crippen molar-refractivity contribution in [3.05, 3.63) is 36.0 Å². The van der Waals surface area contributed by atoms with E-state index < -0.39 is 11.6 Å². The lowest BCUT2D eigenvalue weighted by atomic mass is 10.2. The molecule has 2 rings (SSSR count). The van der Waals surface area contributed by atoms with Crippen molar-refractivity contribution in [2.75, 3.05) is 7.11 Å². The quantitative estimate of drug-likeness (QED) is 0.697. The van der Waals surface area contributed by atoms with Gasteiger partial charge in [0, 0.05) is 17.6 Å². The van der Waals surface area contributed by atoms with Gasteiger partial charge in [0.15, 0.2) is 11.6 Å². The topological polar surface area (TPSA) is 22.1 Å². The van der Waals surface area contributed by atoms with Crippen molar-refractivity contribution in [3.63, 3.8) is 0 Å². The highest BCUT2D eigenvalue weighted by molar-refractivity contribution is 5.84. The fraction of sp³-hybridized carbons (Fsp3) is 0.100. The van der Waals surface area contributed by atoms with E-state index in [4.69, 9.17) is 4.74 Å². The molecule has 0 saturated carbocycles. The number of hydrogen-bond donors (Lipinski definition) is 0. The van der Waals surface area contributed by atoms with E-state index in [0.29, 0.717) is 5.52 Å². The van der Waals surface area contributed by atoms with Gasteiger partial charge in [-0.05, 0) is 12.1 Å². The molecule has 0 amide bonds. The summed E-state index contributed by atoms with van der Waals surface area (Å²) in [6, 6.07) is 4.00. The Labute approximate surface area is 79.1 Å². The molecule has 0 N–H and O–H groups in total. The second kappa shape index (κ2) is 3.21. The molecule has 0 aliphatic rings.